The van der Waals surface area contributed by atoms with Crippen molar-refractivity contribution in [2.45, 2.75) is 24.8 Å². The van der Waals surface area contributed by atoms with Crippen LogP contribution < -0.4 is 4.72 Å². The van der Waals surface area contributed by atoms with Crippen molar-refractivity contribution >= 4 is 26.7 Å². The molecule has 0 aliphatic heterocycles. The molecule has 7 nitrogen and oxygen atoms in total. The van der Waals surface area contributed by atoms with Gasteiger partial charge in [0.2, 0.25) is 0 Å². The van der Waals surface area contributed by atoms with Crippen LogP contribution in [0.2, 0.25) is 0 Å². The van der Waals surface area contributed by atoms with Crippen LogP contribution in [0.4, 0.5) is 5.69 Å². The Morgan fingerprint density at radius 2 is 1.92 bits per heavy atom. The zero-order valence-corrected chi connectivity index (χ0v) is 13.9. The van der Waals surface area contributed by atoms with Crippen LogP contribution in [0.1, 0.15) is 25.5 Å². The van der Waals surface area contributed by atoms with Crippen molar-refractivity contribution in [3.05, 3.63) is 48.3 Å². The first-order valence-electron chi connectivity index (χ1n) is 7.27. The molecule has 0 saturated carbocycles. The van der Waals surface area contributed by atoms with E-state index in [-0.39, 0.29) is 10.9 Å². The first-order valence-corrected chi connectivity index (χ1v) is 8.75. The van der Waals surface area contributed by atoms with Crippen molar-refractivity contribution in [2.75, 3.05) is 4.72 Å². The average Bonchev–Trinajstić information content (AvgIpc) is 2.98. The fourth-order valence-corrected chi connectivity index (χ4v) is 3.33. The van der Waals surface area contributed by atoms with Gasteiger partial charge in [-0.25, -0.2) is 18.1 Å². The third kappa shape index (κ3) is 2.94. The van der Waals surface area contributed by atoms with Crippen molar-refractivity contribution in [2.24, 2.45) is 0 Å². The maximum Gasteiger partial charge on any atom is 0.261 e. The van der Waals surface area contributed by atoms with Gasteiger partial charge in [0.1, 0.15) is 0 Å². The predicted octanol–water partition coefficient (Wildman–Crippen LogP) is 2.68. The zero-order valence-electron chi connectivity index (χ0n) is 13.1. The fraction of sp³-hybridized carbons (Fsp3) is 0.188. The Labute approximate surface area is 139 Å². The molecule has 0 bridgehead atoms. The first kappa shape index (κ1) is 16.0. The molecule has 0 amide bonds. The highest BCUT2D eigenvalue weighted by atomic mass is 32.2. The molecule has 3 aromatic rings. The summed E-state index contributed by atoms with van der Waals surface area (Å²) in [7, 11) is -3.74. The van der Waals surface area contributed by atoms with Gasteiger partial charge in [0.05, 0.1) is 34.6 Å². The van der Waals surface area contributed by atoms with Gasteiger partial charge in [-0.05, 0) is 44.2 Å². The highest BCUT2D eigenvalue weighted by Crippen LogP contribution is 2.21. The van der Waals surface area contributed by atoms with E-state index in [4.69, 9.17) is 5.26 Å². The number of benzene rings is 1. The molecular formula is C16H15N5O2S. The maximum atomic E-state index is 12.4. The molecule has 1 N–H and O–H groups in total. The van der Waals surface area contributed by atoms with Crippen LogP contribution in [0.25, 0.3) is 11.0 Å². The molecule has 0 aliphatic carbocycles. The van der Waals surface area contributed by atoms with Gasteiger partial charge in [-0.15, -0.1) is 0 Å². The summed E-state index contributed by atoms with van der Waals surface area (Å²) in [6, 6.07) is 9.51. The van der Waals surface area contributed by atoms with E-state index in [0.717, 1.165) is 5.39 Å². The molecule has 0 saturated heterocycles. The predicted molar refractivity (Wildman–Crippen MR) is 89.9 cm³/mol. The number of aromatic nitrogens is 3. The summed E-state index contributed by atoms with van der Waals surface area (Å²) in [4.78, 5) is 4.38. The Hall–Kier alpha value is -2.92. The third-order valence-electron chi connectivity index (χ3n) is 3.47. The van der Waals surface area contributed by atoms with Gasteiger partial charge in [0.25, 0.3) is 10.0 Å². The summed E-state index contributed by atoms with van der Waals surface area (Å²) in [6.07, 6.45) is 3.12. The van der Waals surface area contributed by atoms with Crippen LogP contribution in [0.3, 0.4) is 0 Å². The molecular weight excluding hydrogens is 326 g/mol. The number of nitrogens with one attached hydrogen (secondary N) is 1. The number of nitriles is 1. The van der Waals surface area contributed by atoms with Crippen LogP contribution >= 0.6 is 0 Å². The van der Waals surface area contributed by atoms with E-state index < -0.39 is 10.0 Å². The molecule has 24 heavy (non-hydrogen) atoms. The number of hydrogen-bond donors (Lipinski definition) is 1. The van der Waals surface area contributed by atoms with Crippen LogP contribution in [0.5, 0.6) is 0 Å². The Bertz CT molecular complexity index is 1030. The molecule has 8 heteroatoms. The number of anilines is 1. The van der Waals surface area contributed by atoms with Crippen LogP contribution in [0.15, 0.2) is 47.6 Å². The van der Waals surface area contributed by atoms with Gasteiger partial charge in [0, 0.05) is 11.4 Å². The number of sulfonamides is 1. The molecule has 3 rings (SSSR count). The van der Waals surface area contributed by atoms with E-state index in [0.29, 0.717) is 16.9 Å². The summed E-state index contributed by atoms with van der Waals surface area (Å²) >= 11 is 0. The molecule has 0 unspecified atom stereocenters. The second-order valence-corrected chi connectivity index (χ2v) is 7.24. The van der Waals surface area contributed by atoms with Crippen molar-refractivity contribution in [3.8, 4) is 6.07 Å². The van der Waals surface area contributed by atoms with Crippen LogP contribution in [0, 0.1) is 11.3 Å². The van der Waals surface area contributed by atoms with Crippen molar-refractivity contribution in [1.29, 1.82) is 5.26 Å². The lowest BCUT2D eigenvalue weighted by Gasteiger charge is -2.09. The highest BCUT2D eigenvalue weighted by molar-refractivity contribution is 7.92. The van der Waals surface area contributed by atoms with E-state index in [1.807, 2.05) is 19.9 Å². The lowest BCUT2D eigenvalue weighted by atomic mass is 10.2. The second-order valence-electron chi connectivity index (χ2n) is 5.56. The van der Waals surface area contributed by atoms with Crippen molar-refractivity contribution < 1.29 is 8.42 Å². The smallest absolute Gasteiger partial charge is 0.261 e. The monoisotopic (exact) mass is 341 g/mol. The Morgan fingerprint density at radius 1 is 1.21 bits per heavy atom. The largest absolute Gasteiger partial charge is 0.278 e. The quantitative estimate of drug-likeness (QED) is 0.786. The van der Waals surface area contributed by atoms with Crippen molar-refractivity contribution in [3.63, 3.8) is 0 Å². The summed E-state index contributed by atoms with van der Waals surface area (Å²) < 4.78 is 29.1. The van der Waals surface area contributed by atoms with Crippen molar-refractivity contribution in [1.82, 2.24) is 14.8 Å². The second kappa shape index (κ2) is 5.94. The molecule has 0 atom stereocenters. The zero-order chi connectivity index (χ0) is 17.3. The fourth-order valence-electron chi connectivity index (χ4n) is 2.30. The lowest BCUT2D eigenvalue weighted by Crippen LogP contribution is -2.13. The number of pyridine rings is 1. The number of fused-ring (bicyclic) bond motifs is 1. The number of rotatable bonds is 4. The van der Waals surface area contributed by atoms with Gasteiger partial charge < -0.3 is 0 Å². The molecule has 0 fully saturated rings. The standard InChI is InChI=1S/C16H15N5O2S/c1-11(2)21-16-13(9-19-21)7-14(10-18-16)20-24(22,23)15-5-3-12(8-17)4-6-15/h3-7,9-11,20H,1-2H3. The summed E-state index contributed by atoms with van der Waals surface area (Å²) in [5.74, 6) is 0. The SMILES string of the molecule is CC(C)n1ncc2cc(NS(=O)(=O)c3ccc(C#N)cc3)cnc21. The number of nitrogens with zero attached hydrogens (tertiary/aromatic N) is 4. The normalized spacial score (nSPS) is 11.6. The molecule has 0 radical (unpaired) electrons. The van der Waals surface area contributed by atoms with Gasteiger partial charge in [0.15, 0.2) is 5.65 Å². The van der Waals surface area contributed by atoms with Gasteiger partial charge in [-0.1, -0.05) is 0 Å². The van der Waals surface area contributed by atoms with Crippen LogP contribution in [-0.2, 0) is 10.0 Å². The van der Waals surface area contributed by atoms with E-state index in [2.05, 4.69) is 14.8 Å². The number of hydrogen-bond acceptors (Lipinski definition) is 5. The summed E-state index contributed by atoms with van der Waals surface area (Å²) in [5, 5.41) is 13.8. The molecule has 122 valence electrons. The summed E-state index contributed by atoms with van der Waals surface area (Å²) in [6.45, 7) is 3.99. The average molecular weight is 341 g/mol. The first-order chi connectivity index (χ1) is 11.4. The minimum atomic E-state index is -3.74. The molecule has 2 aromatic heterocycles. The Morgan fingerprint density at radius 3 is 2.54 bits per heavy atom. The van der Waals surface area contributed by atoms with E-state index >= 15 is 0 Å². The molecule has 0 spiro atoms. The van der Waals surface area contributed by atoms with E-state index in [1.165, 1.54) is 30.5 Å². The lowest BCUT2D eigenvalue weighted by molar-refractivity contribution is 0.546. The van der Waals surface area contributed by atoms with Gasteiger partial charge in [-0.2, -0.15) is 10.4 Å². The van der Waals surface area contributed by atoms with E-state index in [9.17, 15) is 8.42 Å². The molecule has 2 heterocycles. The van der Waals surface area contributed by atoms with Gasteiger partial charge >= 0.3 is 0 Å². The Balaban J connectivity index is 1.92. The highest BCUT2D eigenvalue weighted by Gasteiger charge is 2.15. The van der Waals surface area contributed by atoms with Crippen LogP contribution in [-0.4, -0.2) is 23.2 Å². The van der Waals surface area contributed by atoms with Gasteiger partial charge in [-0.3, -0.25) is 4.72 Å². The Kier molecular flexibility index (Phi) is 3.95. The molecule has 0 aliphatic rings. The van der Waals surface area contributed by atoms with E-state index in [1.54, 1.807) is 16.9 Å². The maximum absolute atomic E-state index is 12.4. The third-order valence-corrected chi connectivity index (χ3v) is 4.87. The minimum Gasteiger partial charge on any atom is -0.278 e. The summed E-state index contributed by atoms with van der Waals surface area (Å²) in [5.41, 5.74) is 1.46. The molecule has 1 aromatic carbocycles. The topological polar surface area (TPSA) is 101 Å². The minimum absolute atomic E-state index is 0.0828.